The Morgan fingerprint density at radius 2 is 1.72 bits per heavy atom. The topological polar surface area (TPSA) is 118 Å². The Bertz CT molecular complexity index is 1370. The molecule has 0 spiro atoms. The van der Waals surface area contributed by atoms with Gasteiger partial charge in [0.15, 0.2) is 0 Å². The third kappa shape index (κ3) is 3.94. The number of halogens is 2. The maximum Gasteiger partial charge on any atom is 0.300 e. The van der Waals surface area contributed by atoms with Crippen LogP contribution in [0.4, 0.5) is 5.69 Å². The largest absolute Gasteiger partial charge is 0.507 e. The van der Waals surface area contributed by atoms with E-state index in [2.05, 4.69) is 0 Å². The average molecular weight is 509 g/mol. The summed E-state index contributed by atoms with van der Waals surface area (Å²) in [5.41, 5.74) is 0.376. The van der Waals surface area contributed by atoms with Crippen LogP contribution < -0.4 is 10.0 Å². The molecule has 1 aliphatic rings. The summed E-state index contributed by atoms with van der Waals surface area (Å²) in [5, 5.41) is 18.4. The van der Waals surface area contributed by atoms with Gasteiger partial charge in [0.25, 0.3) is 11.7 Å². The number of thiophene rings is 1. The molecule has 11 heteroatoms. The smallest absolute Gasteiger partial charge is 0.300 e. The van der Waals surface area contributed by atoms with Crippen LogP contribution in [0.2, 0.25) is 10.0 Å². The van der Waals surface area contributed by atoms with Gasteiger partial charge in [0.05, 0.1) is 20.5 Å². The van der Waals surface area contributed by atoms with E-state index in [0.717, 1.165) is 0 Å². The van der Waals surface area contributed by atoms with Gasteiger partial charge in [0.2, 0.25) is 10.0 Å². The van der Waals surface area contributed by atoms with Crippen molar-refractivity contribution in [1.29, 1.82) is 0 Å². The molecule has 2 aromatic carbocycles. The summed E-state index contributed by atoms with van der Waals surface area (Å²) in [5.74, 6) is -2.15. The number of hydrogen-bond donors (Lipinski definition) is 2. The molecule has 7 nitrogen and oxygen atoms in total. The first kappa shape index (κ1) is 22.5. The van der Waals surface area contributed by atoms with Crippen LogP contribution in [0, 0.1) is 0 Å². The summed E-state index contributed by atoms with van der Waals surface area (Å²) in [6, 6.07) is 12.2. The molecule has 0 aliphatic carbocycles. The van der Waals surface area contributed by atoms with Crippen LogP contribution in [0.25, 0.3) is 5.76 Å². The summed E-state index contributed by atoms with van der Waals surface area (Å²) < 4.78 is 23.1. The number of ketones is 1. The zero-order chi connectivity index (χ0) is 23.2. The quantitative estimate of drug-likeness (QED) is 0.309. The normalized spacial score (nSPS) is 18.3. The van der Waals surface area contributed by atoms with Gasteiger partial charge in [-0.3, -0.25) is 14.5 Å². The number of Topliss-reactive ketones (excluding diaryl/α,β-unsaturated/α-hetero) is 1. The summed E-state index contributed by atoms with van der Waals surface area (Å²) in [7, 11) is -3.93. The van der Waals surface area contributed by atoms with E-state index in [-0.39, 0.29) is 31.8 Å². The molecule has 1 saturated heterocycles. The highest BCUT2D eigenvalue weighted by Crippen LogP contribution is 2.44. The molecule has 1 aliphatic heterocycles. The van der Waals surface area contributed by atoms with E-state index >= 15 is 0 Å². The standard InChI is InChI=1S/C21H14Cl2N2O5S2/c22-14-8-3-11(10-15(14)23)19(26)17-18(16-2-1-9-31-16)25(21(28)20(17)27)12-4-6-13(7-5-12)32(24,29)30/h1-10,18,26H,(H2,24,29,30)/b19-17-. The molecule has 2 heterocycles. The lowest BCUT2D eigenvalue weighted by molar-refractivity contribution is -0.132. The molecule has 32 heavy (non-hydrogen) atoms. The van der Waals surface area contributed by atoms with Crippen molar-refractivity contribution >= 4 is 67.7 Å². The molecule has 1 aromatic heterocycles. The highest BCUT2D eigenvalue weighted by Gasteiger charge is 2.47. The zero-order valence-electron chi connectivity index (χ0n) is 16.0. The Balaban J connectivity index is 1.89. The van der Waals surface area contributed by atoms with Gasteiger partial charge in [0, 0.05) is 16.1 Å². The van der Waals surface area contributed by atoms with Crippen molar-refractivity contribution < 1.29 is 23.1 Å². The number of carbonyl (C=O) groups is 2. The average Bonchev–Trinajstić information content (AvgIpc) is 3.36. The second kappa shape index (κ2) is 8.34. The monoisotopic (exact) mass is 508 g/mol. The van der Waals surface area contributed by atoms with Crippen molar-refractivity contribution in [1.82, 2.24) is 0 Å². The van der Waals surface area contributed by atoms with Crippen LogP contribution in [0.3, 0.4) is 0 Å². The maximum atomic E-state index is 13.0. The Morgan fingerprint density at radius 1 is 1.03 bits per heavy atom. The Kier molecular flexibility index (Phi) is 5.87. The molecule has 0 bridgehead atoms. The number of hydrogen-bond acceptors (Lipinski definition) is 6. The zero-order valence-corrected chi connectivity index (χ0v) is 19.2. The summed E-state index contributed by atoms with van der Waals surface area (Å²) in [6.07, 6.45) is 0. The molecule has 3 aromatic rings. The number of anilines is 1. The number of carbonyl (C=O) groups excluding carboxylic acids is 2. The fourth-order valence-electron chi connectivity index (χ4n) is 3.41. The van der Waals surface area contributed by atoms with Crippen molar-refractivity contribution in [3.8, 4) is 0 Å². The highest BCUT2D eigenvalue weighted by atomic mass is 35.5. The molecule has 0 radical (unpaired) electrons. The van der Waals surface area contributed by atoms with Crippen molar-refractivity contribution in [3.05, 3.63) is 86.0 Å². The number of aliphatic hydroxyl groups excluding tert-OH is 1. The van der Waals surface area contributed by atoms with Gasteiger partial charge in [-0.1, -0.05) is 29.3 Å². The number of rotatable bonds is 4. The molecule has 0 saturated carbocycles. The highest BCUT2D eigenvalue weighted by molar-refractivity contribution is 7.89. The van der Waals surface area contributed by atoms with Gasteiger partial charge in [-0.25, -0.2) is 13.6 Å². The van der Waals surface area contributed by atoms with Gasteiger partial charge in [-0.2, -0.15) is 0 Å². The molecule has 4 rings (SSSR count). The fraction of sp³-hybridized carbons (Fsp3) is 0.0476. The molecule has 1 unspecified atom stereocenters. The molecule has 164 valence electrons. The molecule has 1 fully saturated rings. The summed E-state index contributed by atoms with van der Waals surface area (Å²) in [4.78, 5) is 27.7. The van der Waals surface area contributed by atoms with Crippen molar-refractivity contribution in [3.63, 3.8) is 0 Å². The minimum atomic E-state index is -3.93. The van der Waals surface area contributed by atoms with Gasteiger partial charge in [0.1, 0.15) is 11.8 Å². The van der Waals surface area contributed by atoms with Gasteiger partial charge in [-0.05, 0) is 53.9 Å². The molecule has 3 N–H and O–H groups in total. The second-order valence-corrected chi connectivity index (χ2v) is 10.2. The number of benzene rings is 2. The number of sulfonamides is 1. The second-order valence-electron chi connectivity index (χ2n) is 6.85. The molecular formula is C21H14Cl2N2O5S2. The first-order chi connectivity index (χ1) is 15.1. The predicted octanol–water partition coefficient (Wildman–Crippen LogP) is 4.33. The lowest BCUT2D eigenvalue weighted by Gasteiger charge is -2.24. The van der Waals surface area contributed by atoms with Crippen molar-refractivity contribution in [2.75, 3.05) is 4.90 Å². The Hall–Kier alpha value is -2.69. The Morgan fingerprint density at radius 3 is 2.28 bits per heavy atom. The van der Waals surface area contributed by atoms with Crippen LogP contribution >= 0.6 is 34.5 Å². The van der Waals surface area contributed by atoms with E-state index in [1.807, 2.05) is 0 Å². The third-order valence-electron chi connectivity index (χ3n) is 4.89. The van der Waals surface area contributed by atoms with E-state index in [1.54, 1.807) is 17.5 Å². The number of nitrogens with zero attached hydrogens (tertiary/aromatic N) is 1. The van der Waals surface area contributed by atoms with Crippen LogP contribution in [-0.4, -0.2) is 25.2 Å². The lowest BCUT2D eigenvalue weighted by atomic mass is 9.99. The van der Waals surface area contributed by atoms with Crippen LogP contribution in [0.5, 0.6) is 0 Å². The molecule has 1 atom stereocenters. The van der Waals surface area contributed by atoms with E-state index < -0.39 is 33.5 Å². The van der Waals surface area contributed by atoms with E-state index in [9.17, 15) is 23.1 Å². The van der Waals surface area contributed by atoms with Gasteiger partial charge >= 0.3 is 0 Å². The number of primary sulfonamides is 1. The number of aliphatic hydroxyl groups is 1. The first-order valence-electron chi connectivity index (χ1n) is 9.02. The van der Waals surface area contributed by atoms with Crippen molar-refractivity contribution in [2.45, 2.75) is 10.9 Å². The minimum Gasteiger partial charge on any atom is -0.507 e. The first-order valence-corrected chi connectivity index (χ1v) is 12.2. The maximum absolute atomic E-state index is 13.0. The molecule has 1 amide bonds. The lowest BCUT2D eigenvalue weighted by Crippen LogP contribution is -2.29. The van der Waals surface area contributed by atoms with Crippen LogP contribution in [0.15, 0.2) is 70.4 Å². The fourth-order valence-corrected chi connectivity index (χ4v) is 5.05. The summed E-state index contributed by atoms with van der Waals surface area (Å²) in [6.45, 7) is 0. The van der Waals surface area contributed by atoms with E-state index in [1.165, 1.54) is 58.7 Å². The minimum absolute atomic E-state index is 0.119. The number of amides is 1. The van der Waals surface area contributed by atoms with E-state index in [4.69, 9.17) is 28.3 Å². The van der Waals surface area contributed by atoms with Gasteiger partial charge in [-0.15, -0.1) is 11.3 Å². The van der Waals surface area contributed by atoms with Crippen LogP contribution in [-0.2, 0) is 19.6 Å². The van der Waals surface area contributed by atoms with Gasteiger partial charge < -0.3 is 5.11 Å². The SMILES string of the molecule is NS(=O)(=O)c1ccc(N2C(=O)C(=O)/C(=C(\O)c3ccc(Cl)c(Cl)c3)C2c2cccs2)cc1. The van der Waals surface area contributed by atoms with Crippen molar-refractivity contribution in [2.24, 2.45) is 5.14 Å². The Labute approximate surface area is 197 Å². The summed E-state index contributed by atoms with van der Waals surface area (Å²) >= 11 is 13.3. The number of nitrogens with two attached hydrogens (primary N) is 1. The predicted molar refractivity (Wildman–Crippen MR) is 123 cm³/mol. The van der Waals surface area contributed by atoms with Crippen LogP contribution in [0.1, 0.15) is 16.5 Å². The third-order valence-corrected chi connectivity index (χ3v) is 7.49. The molecular weight excluding hydrogens is 495 g/mol. The van der Waals surface area contributed by atoms with E-state index in [0.29, 0.717) is 4.88 Å².